The molecule has 140 valence electrons. The standard InChI is InChI=1S/C20H21N3O2S2/c1-3-12-25-17-10-8-16(9-11-17)18(24)21-19-22-23-20(27-19)26-13-15-6-4-14(2)5-7-15/h4-11H,3,12-13H2,1-2H3,(H,21,22,24). The highest BCUT2D eigenvalue weighted by atomic mass is 32.2. The number of anilines is 1. The summed E-state index contributed by atoms with van der Waals surface area (Å²) in [6, 6.07) is 15.5. The molecule has 3 rings (SSSR count). The molecule has 0 aliphatic rings. The highest BCUT2D eigenvalue weighted by molar-refractivity contribution is 8.00. The topological polar surface area (TPSA) is 64.1 Å². The van der Waals surface area contributed by atoms with E-state index < -0.39 is 0 Å². The molecule has 0 saturated heterocycles. The van der Waals surface area contributed by atoms with Gasteiger partial charge in [0.05, 0.1) is 6.61 Å². The van der Waals surface area contributed by atoms with Gasteiger partial charge in [0.1, 0.15) is 5.75 Å². The van der Waals surface area contributed by atoms with E-state index >= 15 is 0 Å². The molecule has 0 saturated carbocycles. The Morgan fingerprint density at radius 3 is 2.56 bits per heavy atom. The SMILES string of the molecule is CCCOc1ccc(C(=O)Nc2nnc(SCc3ccc(C)cc3)s2)cc1. The number of aryl methyl sites for hydroxylation is 1. The summed E-state index contributed by atoms with van der Waals surface area (Å²) in [6.45, 7) is 4.79. The summed E-state index contributed by atoms with van der Waals surface area (Å²) in [4.78, 5) is 12.3. The van der Waals surface area contributed by atoms with Crippen molar-refractivity contribution in [1.82, 2.24) is 10.2 Å². The van der Waals surface area contributed by atoms with E-state index in [0.717, 1.165) is 22.3 Å². The maximum atomic E-state index is 12.3. The molecule has 0 fully saturated rings. The fraction of sp³-hybridized carbons (Fsp3) is 0.250. The first-order valence-electron chi connectivity index (χ1n) is 8.70. The van der Waals surface area contributed by atoms with Gasteiger partial charge < -0.3 is 4.74 Å². The molecule has 0 unspecified atom stereocenters. The predicted octanol–water partition coefficient (Wildman–Crippen LogP) is 5.18. The first kappa shape index (κ1) is 19.4. The van der Waals surface area contributed by atoms with Crippen LogP contribution >= 0.6 is 23.1 Å². The van der Waals surface area contributed by atoms with Gasteiger partial charge in [-0.2, -0.15) is 0 Å². The highest BCUT2D eigenvalue weighted by Crippen LogP contribution is 2.28. The van der Waals surface area contributed by atoms with Crippen molar-refractivity contribution in [1.29, 1.82) is 0 Å². The maximum absolute atomic E-state index is 12.3. The molecule has 1 amide bonds. The molecule has 0 aliphatic heterocycles. The number of thioether (sulfide) groups is 1. The largest absolute Gasteiger partial charge is 0.494 e. The van der Waals surface area contributed by atoms with Crippen LogP contribution in [0.2, 0.25) is 0 Å². The molecule has 5 nitrogen and oxygen atoms in total. The third-order valence-corrected chi connectivity index (χ3v) is 5.74. The number of rotatable bonds is 8. The summed E-state index contributed by atoms with van der Waals surface area (Å²) >= 11 is 2.99. The summed E-state index contributed by atoms with van der Waals surface area (Å²) in [5.41, 5.74) is 3.04. The second-order valence-corrected chi connectivity index (χ2v) is 8.17. The Morgan fingerprint density at radius 1 is 1.11 bits per heavy atom. The summed E-state index contributed by atoms with van der Waals surface area (Å²) in [6.07, 6.45) is 0.948. The Kier molecular flexibility index (Phi) is 6.84. The van der Waals surface area contributed by atoms with Crippen molar-refractivity contribution in [2.45, 2.75) is 30.4 Å². The van der Waals surface area contributed by atoms with E-state index in [9.17, 15) is 4.79 Å². The molecule has 1 aromatic heterocycles. The number of carbonyl (C=O) groups is 1. The Labute approximate surface area is 167 Å². The molecule has 0 aliphatic carbocycles. The van der Waals surface area contributed by atoms with Crippen molar-refractivity contribution < 1.29 is 9.53 Å². The minimum absolute atomic E-state index is 0.205. The molecule has 0 radical (unpaired) electrons. The molecule has 0 spiro atoms. The number of amides is 1. The van der Waals surface area contributed by atoms with Crippen molar-refractivity contribution in [3.63, 3.8) is 0 Å². The van der Waals surface area contributed by atoms with Gasteiger partial charge in [0.25, 0.3) is 5.91 Å². The molecule has 27 heavy (non-hydrogen) atoms. The van der Waals surface area contributed by atoms with E-state index in [1.54, 1.807) is 36.0 Å². The molecule has 0 bridgehead atoms. The maximum Gasteiger partial charge on any atom is 0.257 e. The van der Waals surface area contributed by atoms with Crippen LogP contribution < -0.4 is 10.1 Å². The Morgan fingerprint density at radius 2 is 1.85 bits per heavy atom. The van der Waals surface area contributed by atoms with E-state index in [0.29, 0.717) is 17.3 Å². The van der Waals surface area contributed by atoms with Crippen molar-refractivity contribution in [3.05, 3.63) is 65.2 Å². The molecule has 0 atom stereocenters. The second kappa shape index (κ2) is 9.53. The van der Waals surface area contributed by atoms with Crippen molar-refractivity contribution in [3.8, 4) is 5.75 Å². The Hall–Kier alpha value is -2.38. The zero-order valence-electron chi connectivity index (χ0n) is 15.3. The number of hydrogen-bond donors (Lipinski definition) is 1. The van der Waals surface area contributed by atoms with Crippen LogP contribution in [0.1, 0.15) is 34.8 Å². The lowest BCUT2D eigenvalue weighted by Crippen LogP contribution is -2.11. The lowest BCUT2D eigenvalue weighted by Gasteiger charge is -2.05. The number of benzene rings is 2. The van der Waals surface area contributed by atoms with Gasteiger partial charge in [-0.1, -0.05) is 59.9 Å². The van der Waals surface area contributed by atoms with E-state index in [2.05, 4.69) is 53.6 Å². The van der Waals surface area contributed by atoms with Gasteiger partial charge >= 0.3 is 0 Å². The van der Waals surface area contributed by atoms with Crippen LogP contribution in [-0.4, -0.2) is 22.7 Å². The van der Waals surface area contributed by atoms with E-state index in [4.69, 9.17) is 4.74 Å². The van der Waals surface area contributed by atoms with E-state index in [1.807, 2.05) is 0 Å². The van der Waals surface area contributed by atoms with Crippen LogP contribution in [0.25, 0.3) is 0 Å². The quantitative estimate of drug-likeness (QED) is 0.418. The lowest BCUT2D eigenvalue weighted by atomic mass is 10.2. The van der Waals surface area contributed by atoms with Gasteiger partial charge in [-0.15, -0.1) is 10.2 Å². The fourth-order valence-electron chi connectivity index (χ4n) is 2.24. The van der Waals surface area contributed by atoms with Gasteiger partial charge in [-0.25, -0.2) is 0 Å². The monoisotopic (exact) mass is 399 g/mol. The van der Waals surface area contributed by atoms with E-state index in [-0.39, 0.29) is 5.91 Å². The third kappa shape index (κ3) is 5.80. The summed E-state index contributed by atoms with van der Waals surface area (Å²) in [5, 5.41) is 11.5. The van der Waals surface area contributed by atoms with Gasteiger partial charge in [0.15, 0.2) is 4.34 Å². The number of aromatic nitrogens is 2. The van der Waals surface area contributed by atoms with Gasteiger partial charge in [0.2, 0.25) is 5.13 Å². The first-order chi connectivity index (χ1) is 13.1. The predicted molar refractivity (Wildman–Crippen MR) is 111 cm³/mol. The van der Waals surface area contributed by atoms with Crippen molar-refractivity contribution in [2.24, 2.45) is 0 Å². The van der Waals surface area contributed by atoms with Gasteiger partial charge in [0, 0.05) is 11.3 Å². The summed E-state index contributed by atoms with van der Waals surface area (Å²) in [5.74, 6) is 1.38. The summed E-state index contributed by atoms with van der Waals surface area (Å²) in [7, 11) is 0. The zero-order valence-corrected chi connectivity index (χ0v) is 16.9. The Balaban J connectivity index is 1.53. The lowest BCUT2D eigenvalue weighted by molar-refractivity contribution is 0.102. The Bertz CT molecular complexity index is 877. The number of carbonyl (C=O) groups excluding carboxylic acids is 1. The zero-order chi connectivity index (χ0) is 19.1. The summed E-state index contributed by atoms with van der Waals surface area (Å²) < 4.78 is 6.35. The molecule has 1 heterocycles. The fourth-order valence-corrected chi connectivity index (χ4v) is 3.94. The van der Waals surface area contributed by atoms with Crippen molar-refractivity contribution >= 4 is 34.1 Å². The van der Waals surface area contributed by atoms with Gasteiger partial charge in [-0.3, -0.25) is 10.1 Å². The van der Waals surface area contributed by atoms with Gasteiger partial charge in [-0.05, 0) is 43.2 Å². The average molecular weight is 400 g/mol. The van der Waals surface area contributed by atoms with E-state index in [1.165, 1.54) is 22.5 Å². The number of nitrogens with zero attached hydrogens (tertiary/aromatic N) is 2. The van der Waals surface area contributed by atoms with Crippen molar-refractivity contribution in [2.75, 3.05) is 11.9 Å². The van der Waals surface area contributed by atoms with Crippen LogP contribution in [0.4, 0.5) is 5.13 Å². The number of hydrogen-bond acceptors (Lipinski definition) is 6. The molecule has 7 heteroatoms. The average Bonchev–Trinajstić information content (AvgIpc) is 3.13. The normalized spacial score (nSPS) is 10.6. The minimum Gasteiger partial charge on any atom is -0.494 e. The second-order valence-electron chi connectivity index (χ2n) is 5.97. The van der Waals surface area contributed by atoms with Crippen LogP contribution in [0.15, 0.2) is 52.9 Å². The number of nitrogens with one attached hydrogen (secondary N) is 1. The molecular formula is C20H21N3O2S2. The third-order valence-electron chi connectivity index (χ3n) is 3.70. The van der Waals surface area contributed by atoms with Crippen LogP contribution in [-0.2, 0) is 5.75 Å². The number of ether oxygens (including phenoxy) is 1. The highest BCUT2D eigenvalue weighted by Gasteiger charge is 2.11. The molecule has 3 aromatic rings. The van der Waals surface area contributed by atoms with Crippen LogP contribution in [0, 0.1) is 6.92 Å². The molecule has 1 N–H and O–H groups in total. The molecule has 2 aromatic carbocycles. The van der Waals surface area contributed by atoms with Crippen LogP contribution in [0.3, 0.4) is 0 Å². The molecular weight excluding hydrogens is 378 g/mol. The minimum atomic E-state index is -0.205. The van der Waals surface area contributed by atoms with Crippen LogP contribution in [0.5, 0.6) is 5.75 Å². The smallest absolute Gasteiger partial charge is 0.257 e. The first-order valence-corrected chi connectivity index (χ1v) is 10.5.